The Morgan fingerprint density at radius 3 is 2.74 bits per heavy atom. The molecule has 1 aromatic rings. The van der Waals surface area contributed by atoms with E-state index in [1.165, 1.54) is 0 Å². The Bertz CT molecular complexity index is 797. The summed E-state index contributed by atoms with van der Waals surface area (Å²) in [5.74, 6) is 0. The van der Waals surface area contributed by atoms with Crippen molar-refractivity contribution >= 4 is 43.2 Å². The average molecular weight is 335 g/mol. The van der Waals surface area contributed by atoms with Crippen LogP contribution in [0, 0.1) is 0 Å². The van der Waals surface area contributed by atoms with Crippen LogP contribution < -0.4 is 10.3 Å². The molecule has 0 spiro atoms. The van der Waals surface area contributed by atoms with Gasteiger partial charge in [-0.05, 0) is 46.3 Å². The Kier molecular flexibility index (Phi) is 3.03. The minimum absolute atomic E-state index is 0.00587. The number of anilines is 1. The average Bonchev–Trinajstić information content (AvgIpc) is 2.41. The van der Waals surface area contributed by atoms with Crippen LogP contribution in [0.5, 0.6) is 0 Å². The lowest BCUT2D eigenvalue weighted by Gasteiger charge is -2.13. The number of fused-ring (bicyclic) bond motifs is 2. The molecule has 1 aliphatic carbocycles. The minimum atomic E-state index is -0.00587. The topological polar surface area (TPSA) is 33.2 Å². The Hall–Kier alpha value is -1.46. The van der Waals surface area contributed by atoms with Crippen LogP contribution in [0.4, 0.5) is 5.69 Å². The summed E-state index contributed by atoms with van der Waals surface area (Å²) in [6, 6.07) is 9.48. The minimum Gasteiger partial charge on any atom is -0.378 e. The number of hydrogen-bond donors (Lipinski definition) is 0. The van der Waals surface area contributed by atoms with Crippen molar-refractivity contribution in [3.8, 4) is 10.6 Å². The van der Waals surface area contributed by atoms with Gasteiger partial charge < -0.3 is 4.90 Å². The summed E-state index contributed by atoms with van der Waals surface area (Å²) >= 11 is 4.95. The maximum atomic E-state index is 11.7. The largest absolute Gasteiger partial charge is 0.378 e. The van der Waals surface area contributed by atoms with Gasteiger partial charge in [-0.3, -0.25) is 4.79 Å². The number of hydrogen-bond acceptors (Lipinski definition) is 4. The van der Waals surface area contributed by atoms with Crippen LogP contribution in [0.15, 0.2) is 39.6 Å². The predicted molar refractivity (Wildman–Crippen MR) is 84.5 cm³/mol. The van der Waals surface area contributed by atoms with Crippen molar-refractivity contribution in [2.24, 2.45) is 0 Å². The third-order valence-electron chi connectivity index (χ3n) is 2.95. The van der Waals surface area contributed by atoms with E-state index in [9.17, 15) is 4.79 Å². The lowest BCUT2D eigenvalue weighted by atomic mass is 10.2. The molecule has 19 heavy (non-hydrogen) atoms. The molecule has 0 atom stereocenters. The molecule has 96 valence electrons. The highest BCUT2D eigenvalue weighted by molar-refractivity contribution is 9.10. The van der Waals surface area contributed by atoms with E-state index in [-0.39, 0.29) is 5.43 Å². The van der Waals surface area contributed by atoms with Crippen molar-refractivity contribution < 1.29 is 0 Å². The number of halogens is 1. The lowest BCUT2D eigenvalue weighted by molar-refractivity contribution is 1.13. The molecule has 2 aliphatic rings. The van der Waals surface area contributed by atoms with E-state index >= 15 is 0 Å². The highest BCUT2D eigenvalue weighted by atomic mass is 79.9. The lowest BCUT2D eigenvalue weighted by Crippen LogP contribution is -2.08. The predicted octanol–water partition coefficient (Wildman–Crippen LogP) is 3.59. The Balaban J connectivity index is 2.37. The summed E-state index contributed by atoms with van der Waals surface area (Å²) in [5.41, 5.74) is 2.92. The third kappa shape index (κ3) is 2.13. The fourth-order valence-corrected chi connectivity index (χ4v) is 3.51. The Labute approximate surface area is 123 Å². The van der Waals surface area contributed by atoms with Gasteiger partial charge in [-0.2, -0.15) is 0 Å². The summed E-state index contributed by atoms with van der Waals surface area (Å²) in [5, 5.41) is 0. The molecule has 0 fully saturated rings. The van der Waals surface area contributed by atoms with Gasteiger partial charge in [0.2, 0.25) is 0 Å². The second-order valence-corrected chi connectivity index (χ2v) is 6.33. The molecular formula is C14H11BrN2OS. The molecule has 5 heteroatoms. The molecule has 0 aromatic heterocycles. The maximum Gasteiger partial charge on any atom is 0.194 e. The summed E-state index contributed by atoms with van der Waals surface area (Å²) in [6.45, 7) is 0. The van der Waals surface area contributed by atoms with Crippen LogP contribution in [-0.2, 0) is 0 Å². The molecule has 0 amide bonds. The molecule has 0 unspecified atom stereocenters. The van der Waals surface area contributed by atoms with E-state index in [4.69, 9.17) is 0 Å². The molecular weight excluding hydrogens is 324 g/mol. The van der Waals surface area contributed by atoms with Crippen molar-refractivity contribution in [2.45, 2.75) is 0 Å². The number of rotatable bonds is 1. The van der Waals surface area contributed by atoms with Crippen molar-refractivity contribution in [1.29, 1.82) is 0 Å². The molecule has 0 saturated heterocycles. The monoisotopic (exact) mass is 334 g/mol. The first-order valence-corrected chi connectivity index (χ1v) is 7.37. The molecule has 3 nitrogen and oxygen atoms in total. The van der Waals surface area contributed by atoms with Gasteiger partial charge in [0.1, 0.15) is 0 Å². The van der Waals surface area contributed by atoms with Gasteiger partial charge in [0.25, 0.3) is 0 Å². The van der Waals surface area contributed by atoms with E-state index < -0.39 is 0 Å². The second kappa shape index (κ2) is 4.58. The first kappa shape index (κ1) is 12.6. The van der Waals surface area contributed by atoms with Gasteiger partial charge in [0, 0.05) is 19.8 Å². The van der Waals surface area contributed by atoms with Gasteiger partial charge in [-0.25, -0.2) is 4.98 Å². The molecule has 0 radical (unpaired) electrons. The standard InChI is InChI=1S/C14H11BrN2OS/c1-17(2)8-3-4-9-12(7-8)19-14-10(16-9)5-6-11(18)13(14)15/h3-7H,1-2H3. The van der Waals surface area contributed by atoms with Gasteiger partial charge >= 0.3 is 0 Å². The summed E-state index contributed by atoms with van der Waals surface area (Å²) in [4.78, 5) is 19.2. The first-order valence-electron chi connectivity index (χ1n) is 5.77. The summed E-state index contributed by atoms with van der Waals surface area (Å²) < 4.78 is 1.67. The number of benzene rings is 2. The van der Waals surface area contributed by atoms with Gasteiger partial charge in [0.15, 0.2) is 5.43 Å². The van der Waals surface area contributed by atoms with Crippen molar-refractivity contribution in [3.63, 3.8) is 0 Å². The quantitative estimate of drug-likeness (QED) is 0.637. The zero-order chi connectivity index (χ0) is 13.6. The van der Waals surface area contributed by atoms with Crippen LogP contribution in [0.1, 0.15) is 0 Å². The zero-order valence-electron chi connectivity index (χ0n) is 10.5. The molecule has 3 rings (SSSR count). The fourth-order valence-electron chi connectivity index (χ4n) is 1.91. The van der Waals surface area contributed by atoms with Crippen molar-refractivity contribution in [2.75, 3.05) is 19.0 Å². The summed E-state index contributed by atoms with van der Waals surface area (Å²) in [7, 11) is 4.01. The van der Waals surface area contributed by atoms with Gasteiger partial charge in [-0.15, -0.1) is 11.3 Å². The highest BCUT2D eigenvalue weighted by Crippen LogP contribution is 2.35. The molecule has 1 aliphatic heterocycles. The van der Waals surface area contributed by atoms with Crippen LogP contribution in [0.25, 0.3) is 20.8 Å². The molecule has 1 aromatic carbocycles. The van der Waals surface area contributed by atoms with Crippen LogP contribution in [0.2, 0.25) is 0 Å². The Morgan fingerprint density at radius 2 is 2.00 bits per heavy atom. The third-order valence-corrected chi connectivity index (χ3v) is 5.17. The van der Waals surface area contributed by atoms with Crippen LogP contribution in [0.3, 0.4) is 0 Å². The maximum absolute atomic E-state index is 11.7. The molecule has 0 bridgehead atoms. The van der Waals surface area contributed by atoms with Crippen LogP contribution in [-0.4, -0.2) is 19.1 Å². The highest BCUT2D eigenvalue weighted by Gasteiger charge is 2.13. The zero-order valence-corrected chi connectivity index (χ0v) is 12.9. The summed E-state index contributed by atoms with van der Waals surface area (Å²) in [6.07, 6.45) is 0. The van der Waals surface area contributed by atoms with E-state index in [0.717, 1.165) is 26.5 Å². The fraction of sp³-hybridized carbons (Fsp3) is 0.143. The van der Waals surface area contributed by atoms with Crippen molar-refractivity contribution in [1.82, 2.24) is 4.98 Å². The van der Waals surface area contributed by atoms with E-state index in [2.05, 4.69) is 31.9 Å². The normalized spacial score (nSPS) is 11.1. The molecule has 0 N–H and O–H groups in total. The molecule has 0 saturated carbocycles. The van der Waals surface area contributed by atoms with E-state index in [1.807, 2.05) is 26.2 Å². The van der Waals surface area contributed by atoms with Crippen LogP contribution >= 0.6 is 27.3 Å². The van der Waals surface area contributed by atoms with E-state index in [0.29, 0.717) is 4.47 Å². The number of nitrogens with zero attached hydrogens (tertiary/aromatic N) is 2. The van der Waals surface area contributed by atoms with Gasteiger partial charge in [0.05, 0.1) is 25.3 Å². The SMILES string of the molecule is CN(C)c1ccc2nc3ccc(=O)c(Br)c-3sc2c1. The van der Waals surface area contributed by atoms with Crippen molar-refractivity contribution in [3.05, 3.63) is 45.0 Å². The first-order chi connectivity index (χ1) is 9.06. The Morgan fingerprint density at radius 1 is 1.21 bits per heavy atom. The van der Waals surface area contributed by atoms with E-state index in [1.54, 1.807) is 23.5 Å². The molecule has 1 heterocycles. The smallest absolute Gasteiger partial charge is 0.194 e. The number of aromatic nitrogens is 1. The second-order valence-electron chi connectivity index (χ2n) is 4.49. The van der Waals surface area contributed by atoms with Gasteiger partial charge in [-0.1, -0.05) is 0 Å².